The normalized spacial score (nSPS) is 20.0. The van der Waals surface area contributed by atoms with E-state index in [1.54, 1.807) is 19.0 Å². The lowest BCUT2D eigenvalue weighted by atomic mass is 9.94. The Kier molecular flexibility index (Phi) is 9.91. The molecule has 0 bridgehead atoms. The number of hydrogen-bond donors (Lipinski definition) is 1. The SMILES string of the molecule is CCOCCCNC(=NCC(=O)N(C)C)N1CCN(C2CCCCC2)CC1. The molecule has 2 rings (SSSR count). The van der Waals surface area contributed by atoms with Crippen molar-refractivity contribution < 1.29 is 9.53 Å². The first-order chi connectivity index (χ1) is 13.1. The largest absolute Gasteiger partial charge is 0.382 e. The third-order valence-electron chi connectivity index (χ3n) is 5.52. The van der Waals surface area contributed by atoms with E-state index in [2.05, 4.69) is 20.1 Å². The van der Waals surface area contributed by atoms with E-state index in [0.717, 1.165) is 64.4 Å². The Balaban J connectivity index is 1.85. The van der Waals surface area contributed by atoms with Crippen molar-refractivity contribution in [2.24, 2.45) is 4.99 Å². The number of amides is 1. The first kappa shape index (κ1) is 22.0. The van der Waals surface area contributed by atoms with Gasteiger partial charge in [0, 0.05) is 66.1 Å². The highest BCUT2D eigenvalue weighted by Gasteiger charge is 2.26. The van der Waals surface area contributed by atoms with Crippen LogP contribution in [-0.2, 0) is 9.53 Å². The zero-order valence-corrected chi connectivity index (χ0v) is 17.6. The van der Waals surface area contributed by atoms with Crippen LogP contribution in [0.4, 0.5) is 0 Å². The molecule has 1 saturated carbocycles. The maximum atomic E-state index is 11.9. The first-order valence-corrected chi connectivity index (χ1v) is 10.7. The first-order valence-electron chi connectivity index (χ1n) is 10.7. The number of hydrogen-bond acceptors (Lipinski definition) is 4. The Morgan fingerprint density at radius 2 is 1.85 bits per heavy atom. The minimum atomic E-state index is 0.0319. The van der Waals surface area contributed by atoms with Gasteiger partial charge in [-0.15, -0.1) is 0 Å². The number of nitrogens with zero attached hydrogens (tertiary/aromatic N) is 4. The standard InChI is InChI=1S/C20H39N5O2/c1-4-27-16-8-11-21-20(22-17-19(26)23(2)3)25-14-12-24(13-15-25)18-9-6-5-7-10-18/h18H,4-17H2,1-3H3,(H,21,22). The fraction of sp³-hybridized carbons (Fsp3) is 0.900. The molecule has 1 amide bonds. The second-order valence-electron chi connectivity index (χ2n) is 7.72. The van der Waals surface area contributed by atoms with E-state index in [4.69, 9.17) is 4.74 Å². The molecular weight excluding hydrogens is 342 g/mol. The van der Waals surface area contributed by atoms with Gasteiger partial charge in [-0.05, 0) is 26.2 Å². The van der Waals surface area contributed by atoms with Crippen LogP contribution in [0, 0.1) is 0 Å². The van der Waals surface area contributed by atoms with Crippen LogP contribution in [0.15, 0.2) is 4.99 Å². The molecule has 1 aliphatic heterocycles. The molecule has 1 N–H and O–H groups in total. The van der Waals surface area contributed by atoms with Gasteiger partial charge in [0.1, 0.15) is 6.54 Å². The summed E-state index contributed by atoms with van der Waals surface area (Å²) in [5, 5.41) is 3.44. The van der Waals surface area contributed by atoms with Crippen LogP contribution in [-0.4, -0.2) is 99.2 Å². The highest BCUT2D eigenvalue weighted by atomic mass is 16.5. The second-order valence-corrected chi connectivity index (χ2v) is 7.72. The van der Waals surface area contributed by atoms with Crippen LogP contribution < -0.4 is 5.32 Å². The number of piperazine rings is 1. The van der Waals surface area contributed by atoms with Gasteiger partial charge < -0.3 is 19.9 Å². The van der Waals surface area contributed by atoms with Gasteiger partial charge >= 0.3 is 0 Å². The summed E-state index contributed by atoms with van der Waals surface area (Å²) >= 11 is 0. The molecular formula is C20H39N5O2. The zero-order valence-electron chi connectivity index (χ0n) is 17.6. The Labute approximate surface area is 165 Å². The highest BCUT2D eigenvalue weighted by Crippen LogP contribution is 2.23. The van der Waals surface area contributed by atoms with Crippen LogP contribution in [0.1, 0.15) is 45.4 Å². The summed E-state index contributed by atoms with van der Waals surface area (Å²) < 4.78 is 5.41. The lowest BCUT2D eigenvalue weighted by Crippen LogP contribution is -2.55. The molecule has 27 heavy (non-hydrogen) atoms. The summed E-state index contributed by atoms with van der Waals surface area (Å²) in [6.07, 6.45) is 7.81. The summed E-state index contributed by atoms with van der Waals surface area (Å²) in [4.78, 5) is 23.1. The average molecular weight is 382 g/mol. The maximum Gasteiger partial charge on any atom is 0.243 e. The zero-order chi connectivity index (χ0) is 19.5. The van der Waals surface area contributed by atoms with Crippen molar-refractivity contribution in [3.8, 4) is 0 Å². The molecule has 0 aromatic heterocycles. The van der Waals surface area contributed by atoms with Crippen molar-refractivity contribution in [3.05, 3.63) is 0 Å². The topological polar surface area (TPSA) is 60.4 Å². The van der Waals surface area contributed by atoms with Crippen LogP contribution in [0.5, 0.6) is 0 Å². The smallest absolute Gasteiger partial charge is 0.243 e. The van der Waals surface area contributed by atoms with Gasteiger partial charge in [-0.3, -0.25) is 9.69 Å². The van der Waals surface area contributed by atoms with E-state index in [1.807, 2.05) is 6.92 Å². The predicted octanol–water partition coefficient (Wildman–Crippen LogP) is 1.40. The minimum Gasteiger partial charge on any atom is -0.382 e. The molecule has 1 aliphatic carbocycles. The van der Waals surface area contributed by atoms with E-state index in [-0.39, 0.29) is 12.5 Å². The number of nitrogens with one attached hydrogen (secondary N) is 1. The molecule has 2 fully saturated rings. The van der Waals surface area contributed by atoms with Gasteiger partial charge in [-0.1, -0.05) is 19.3 Å². The van der Waals surface area contributed by atoms with Crippen molar-refractivity contribution in [3.63, 3.8) is 0 Å². The Hall–Kier alpha value is -1.34. The fourth-order valence-electron chi connectivity index (χ4n) is 3.82. The highest BCUT2D eigenvalue weighted by molar-refractivity contribution is 5.84. The van der Waals surface area contributed by atoms with E-state index in [9.17, 15) is 4.79 Å². The molecule has 0 aromatic carbocycles. The third-order valence-corrected chi connectivity index (χ3v) is 5.52. The molecule has 0 unspecified atom stereocenters. The molecule has 1 heterocycles. The summed E-state index contributed by atoms with van der Waals surface area (Å²) in [6, 6.07) is 0.774. The van der Waals surface area contributed by atoms with Crippen molar-refractivity contribution in [2.45, 2.75) is 51.5 Å². The average Bonchev–Trinajstić information content (AvgIpc) is 2.70. The molecule has 156 valence electrons. The maximum absolute atomic E-state index is 11.9. The second kappa shape index (κ2) is 12.2. The van der Waals surface area contributed by atoms with E-state index in [0.29, 0.717) is 0 Å². The van der Waals surface area contributed by atoms with Gasteiger partial charge in [0.25, 0.3) is 0 Å². The van der Waals surface area contributed by atoms with Gasteiger partial charge in [-0.2, -0.15) is 0 Å². The van der Waals surface area contributed by atoms with Crippen LogP contribution in [0.3, 0.4) is 0 Å². The molecule has 1 saturated heterocycles. The quantitative estimate of drug-likeness (QED) is 0.391. The van der Waals surface area contributed by atoms with Crippen molar-refractivity contribution >= 4 is 11.9 Å². The number of guanidine groups is 1. The summed E-state index contributed by atoms with van der Waals surface area (Å²) in [5.41, 5.74) is 0. The van der Waals surface area contributed by atoms with Crippen molar-refractivity contribution in [1.29, 1.82) is 0 Å². The Morgan fingerprint density at radius 1 is 1.15 bits per heavy atom. The molecule has 0 atom stereocenters. The van der Waals surface area contributed by atoms with E-state index in [1.165, 1.54) is 32.1 Å². The predicted molar refractivity (Wildman–Crippen MR) is 110 cm³/mol. The van der Waals surface area contributed by atoms with Crippen LogP contribution in [0.2, 0.25) is 0 Å². The number of aliphatic imine (C=N–C) groups is 1. The Bertz CT molecular complexity index is 455. The lowest BCUT2D eigenvalue weighted by molar-refractivity contribution is -0.127. The van der Waals surface area contributed by atoms with Crippen LogP contribution in [0.25, 0.3) is 0 Å². The third kappa shape index (κ3) is 7.66. The van der Waals surface area contributed by atoms with Gasteiger partial charge in [-0.25, -0.2) is 4.99 Å². The molecule has 0 spiro atoms. The fourth-order valence-corrected chi connectivity index (χ4v) is 3.82. The number of ether oxygens (including phenoxy) is 1. The molecule has 0 aromatic rings. The van der Waals surface area contributed by atoms with E-state index < -0.39 is 0 Å². The molecule has 2 aliphatic rings. The van der Waals surface area contributed by atoms with E-state index >= 15 is 0 Å². The summed E-state index contributed by atoms with van der Waals surface area (Å²) in [5.74, 6) is 0.898. The summed E-state index contributed by atoms with van der Waals surface area (Å²) in [7, 11) is 3.55. The monoisotopic (exact) mass is 381 g/mol. The van der Waals surface area contributed by atoms with Crippen molar-refractivity contribution in [1.82, 2.24) is 20.0 Å². The van der Waals surface area contributed by atoms with Gasteiger partial charge in [0.15, 0.2) is 5.96 Å². The molecule has 7 nitrogen and oxygen atoms in total. The van der Waals surface area contributed by atoms with Gasteiger partial charge in [0.2, 0.25) is 5.91 Å². The molecule has 0 radical (unpaired) electrons. The van der Waals surface area contributed by atoms with Crippen molar-refractivity contribution in [2.75, 3.05) is 66.6 Å². The Morgan fingerprint density at radius 3 is 2.48 bits per heavy atom. The summed E-state index contributed by atoms with van der Waals surface area (Å²) in [6.45, 7) is 8.66. The van der Waals surface area contributed by atoms with Crippen LogP contribution >= 0.6 is 0 Å². The van der Waals surface area contributed by atoms with Gasteiger partial charge in [0.05, 0.1) is 0 Å². The number of rotatable bonds is 8. The lowest BCUT2D eigenvalue weighted by Gasteiger charge is -2.41. The number of likely N-dealkylation sites (N-methyl/N-ethyl adjacent to an activating group) is 1. The minimum absolute atomic E-state index is 0.0319. The molecule has 7 heteroatoms. The number of carbonyl (C=O) groups is 1. The number of carbonyl (C=O) groups excluding carboxylic acids is 1.